The van der Waals surface area contributed by atoms with Crippen LogP contribution in [0.1, 0.15) is 41.9 Å². The van der Waals surface area contributed by atoms with Gasteiger partial charge in [-0.05, 0) is 67.3 Å². The van der Waals surface area contributed by atoms with E-state index in [4.69, 9.17) is 9.84 Å². The molecule has 3 nitrogen and oxygen atoms in total. The number of hydrogen-bond acceptors (Lipinski definition) is 2. The second-order valence-corrected chi connectivity index (χ2v) is 5.22. The molecule has 1 aliphatic rings. The molecule has 0 saturated heterocycles. The van der Waals surface area contributed by atoms with Gasteiger partial charge in [0.25, 0.3) is 0 Å². The molecule has 1 atom stereocenters. The van der Waals surface area contributed by atoms with Crippen LogP contribution in [0.4, 0.5) is 0 Å². The molecular weight excluding hydrogens is 228 g/mol. The second-order valence-electron chi connectivity index (χ2n) is 5.22. The van der Waals surface area contributed by atoms with Crippen molar-refractivity contribution in [2.24, 2.45) is 5.92 Å². The van der Waals surface area contributed by atoms with Gasteiger partial charge in [0.05, 0.1) is 13.5 Å². The number of methoxy groups -OCH3 is 1. The van der Waals surface area contributed by atoms with Crippen molar-refractivity contribution in [2.75, 3.05) is 7.11 Å². The quantitative estimate of drug-likeness (QED) is 0.869. The van der Waals surface area contributed by atoms with Gasteiger partial charge in [0.15, 0.2) is 0 Å². The SMILES string of the molecule is COc1cc(C)c(C(CC(=O)O)C2CC2)c(C)c1. The Morgan fingerprint density at radius 2 is 1.94 bits per heavy atom. The third-order valence-corrected chi connectivity index (χ3v) is 3.76. The number of carboxylic acid groups (broad SMARTS) is 1. The smallest absolute Gasteiger partial charge is 0.303 e. The maximum Gasteiger partial charge on any atom is 0.303 e. The summed E-state index contributed by atoms with van der Waals surface area (Å²) in [6.07, 6.45) is 2.55. The van der Waals surface area contributed by atoms with Crippen LogP contribution in [-0.2, 0) is 4.79 Å². The Labute approximate surface area is 108 Å². The van der Waals surface area contributed by atoms with E-state index in [0.29, 0.717) is 5.92 Å². The predicted octanol–water partition coefficient (Wildman–Crippen LogP) is 3.28. The summed E-state index contributed by atoms with van der Waals surface area (Å²) in [6.45, 7) is 4.09. The standard InChI is InChI=1S/C15H20O3/c1-9-6-12(18-3)7-10(2)15(9)13(8-14(16)17)11-4-5-11/h6-7,11,13H,4-5,8H2,1-3H3,(H,16,17). The molecule has 0 spiro atoms. The van der Waals surface area contributed by atoms with Crippen LogP contribution in [0.3, 0.4) is 0 Å². The van der Waals surface area contributed by atoms with Gasteiger partial charge in [0.2, 0.25) is 0 Å². The van der Waals surface area contributed by atoms with Crippen LogP contribution in [0.15, 0.2) is 12.1 Å². The molecular formula is C15H20O3. The van der Waals surface area contributed by atoms with E-state index < -0.39 is 5.97 Å². The van der Waals surface area contributed by atoms with Gasteiger partial charge >= 0.3 is 5.97 Å². The zero-order valence-corrected chi connectivity index (χ0v) is 11.2. The highest BCUT2D eigenvalue weighted by Crippen LogP contribution is 2.46. The highest BCUT2D eigenvalue weighted by atomic mass is 16.5. The largest absolute Gasteiger partial charge is 0.497 e. The van der Waals surface area contributed by atoms with Gasteiger partial charge in [-0.2, -0.15) is 0 Å². The molecule has 1 aliphatic carbocycles. The van der Waals surface area contributed by atoms with Gasteiger partial charge < -0.3 is 9.84 Å². The Morgan fingerprint density at radius 3 is 2.33 bits per heavy atom. The monoisotopic (exact) mass is 248 g/mol. The van der Waals surface area contributed by atoms with Crippen LogP contribution in [-0.4, -0.2) is 18.2 Å². The Hall–Kier alpha value is -1.51. The minimum Gasteiger partial charge on any atom is -0.497 e. The van der Waals surface area contributed by atoms with Gasteiger partial charge in [-0.3, -0.25) is 4.79 Å². The van der Waals surface area contributed by atoms with Crippen LogP contribution in [0.25, 0.3) is 0 Å². The van der Waals surface area contributed by atoms with Crippen molar-refractivity contribution < 1.29 is 14.6 Å². The summed E-state index contributed by atoms with van der Waals surface area (Å²) >= 11 is 0. The summed E-state index contributed by atoms with van der Waals surface area (Å²) in [5, 5.41) is 9.08. The zero-order chi connectivity index (χ0) is 13.3. The van der Waals surface area contributed by atoms with Crippen molar-refractivity contribution in [2.45, 2.75) is 39.0 Å². The average molecular weight is 248 g/mol. The summed E-state index contributed by atoms with van der Waals surface area (Å²) in [6, 6.07) is 4.00. The number of rotatable bonds is 5. The topological polar surface area (TPSA) is 46.5 Å². The minimum atomic E-state index is -0.707. The fraction of sp³-hybridized carbons (Fsp3) is 0.533. The molecule has 1 aromatic rings. The molecule has 1 fully saturated rings. The Bertz CT molecular complexity index is 438. The van der Waals surface area contributed by atoms with E-state index in [-0.39, 0.29) is 12.3 Å². The number of benzene rings is 1. The summed E-state index contributed by atoms with van der Waals surface area (Å²) < 4.78 is 5.25. The van der Waals surface area contributed by atoms with E-state index in [1.165, 1.54) is 5.56 Å². The lowest BCUT2D eigenvalue weighted by Crippen LogP contribution is -2.11. The van der Waals surface area contributed by atoms with Crippen molar-refractivity contribution in [3.05, 3.63) is 28.8 Å². The van der Waals surface area contributed by atoms with Crippen LogP contribution >= 0.6 is 0 Å². The highest BCUT2D eigenvalue weighted by Gasteiger charge is 2.35. The summed E-state index contributed by atoms with van der Waals surface area (Å²) in [5.41, 5.74) is 3.50. The molecule has 98 valence electrons. The van der Waals surface area contributed by atoms with Crippen molar-refractivity contribution >= 4 is 5.97 Å². The van der Waals surface area contributed by atoms with Crippen LogP contribution in [0.2, 0.25) is 0 Å². The van der Waals surface area contributed by atoms with Gasteiger partial charge in [0, 0.05) is 0 Å². The first-order chi connectivity index (χ1) is 8.52. The Morgan fingerprint density at radius 1 is 1.39 bits per heavy atom. The van der Waals surface area contributed by atoms with Crippen molar-refractivity contribution in [3.8, 4) is 5.75 Å². The van der Waals surface area contributed by atoms with Gasteiger partial charge in [-0.1, -0.05) is 0 Å². The lowest BCUT2D eigenvalue weighted by molar-refractivity contribution is -0.137. The summed E-state index contributed by atoms with van der Waals surface area (Å²) in [4.78, 5) is 11.0. The second kappa shape index (κ2) is 5.01. The first-order valence-corrected chi connectivity index (χ1v) is 6.40. The van der Waals surface area contributed by atoms with Crippen LogP contribution in [0.5, 0.6) is 5.75 Å². The normalized spacial score (nSPS) is 16.4. The molecule has 1 aromatic carbocycles. The minimum absolute atomic E-state index is 0.161. The first kappa shape index (κ1) is 12.9. The number of ether oxygens (including phenoxy) is 1. The molecule has 2 rings (SSSR count). The highest BCUT2D eigenvalue weighted by molar-refractivity contribution is 5.68. The third-order valence-electron chi connectivity index (χ3n) is 3.76. The fourth-order valence-corrected chi connectivity index (χ4v) is 2.83. The van der Waals surface area contributed by atoms with E-state index in [0.717, 1.165) is 29.7 Å². The molecule has 1 unspecified atom stereocenters. The maximum absolute atomic E-state index is 11.0. The fourth-order valence-electron chi connectivity index (χ4n) is 2.83. The third kappa shape index (κ3) is 2.66. The molecule has 0 aliphatic heterocycles. The van der Waals surface area contributed by atoms with Crippen LogP contribution in [0, 0.1) is 19.8 Å². The predicted molar refractivity (Wildman–Crippen MR) is 70.2 cm³/mol. The molecule has 0 aromatic heterocycles. The van der Waals surface area contributed by atoms with Crippen molar-refractivity contribution in [1.82, 2.24) is 0 Å². The van der Waals surface area contributed by atoms with E-state index in [1.807, 2.05) is 26.0 Å². The Kier molecular flexibility index (Phi) is 3.60. The van der Waals surface area contributed by atoms with E-state index in [9.17, 15) is 4.79 Å². The zero-order valence-electron chi connectivity index (χ0n) is 11.2. The molecule has 1 N–H and O–H groups in total. The average Bonchev–Trinajstić information content (AvgIpc) is 3.09. The molecule has 1 saturated carbocycles. The molecule has 0 radical (unpaired) electrons. The Balaban J connectivity index is 2.37. The lowest BCUT2D eigenvalue weighted by Gasteiger charge is -2.20. The number of carbonyl (C=O) groups is 1. The van der Waals surface area contributed by atoms with Crippen molar-refractivity contribution in [3.63, 3.8) is 0 Å². The van der Waals surface area contributed by atoms with Gasteiger partial charge in [0.1, 0.15) is 5.75 Å². The van der Waals surface area contributed by atoms with Gasteiger partial charge in [-0.15, -0.1) is 0 Å². The molecule has 0 heterocycles. The molecule has 3 heteroatoms. The van der Waals surface area contributed by atoms with E-state index >= 15 is 0 Å². The molecule has 18 heavy (non-hydrogen) atoms. The maximum atomic E-state index is 11.0. The molecule has 0 bridgehead atoms. The summed E-state index contributed by atoms with van der Waals surface area (Å²) in [5.74, 6) is 0.848. The van der Waals surface area contributed by atoms with E-state index in [2.05, 4.69) is 0 Å². The lowest BCUT2D eigenvalue weighted by atomic mass is 9.85. The van der Waals surface area contributed by atoms with Crippen LogP contribution < -0.4 is 4.74 Å². The summed E-state index contributed by atoms with van der Waals surface area (Å²) in [7, 11) is 1.66. The first-order valence-electron chi connectivity index (χ1n) is 6.40. The number of carboxylic acids is 1. The van der Waals surface area contributed by atoms with Crippen molar-refractivity contribution in [1.29, 1.82) is 0 Å². The number of aliphatic carboxylic acids is 1. The van der Waals surface area contributed by atoms with E-state index in [1.54, 1.807) is 7.11 Å². The van der Waals surface area contributed by atoms with Gasteiger partial charge in [-0.25, -0.2) is 0 Å². The molecule has 0 amide bonds. The number of aryl methyl sites for hydroxylation is 2. The number of hydrogen-bond donors (Lipinski definition) is 1.